The molecule has 2 aromatic heterocycles. The maximum absolute atomic E-state index is 13.2. The largest absolute Gasteiger partial charge is 0.370 e. The average Bonchev–Trinajstić information content (AvgIpc) is 3.18. The molecule has 0 bridgehead atoms. The third kappa shape index (κ3) is 2.53. The average molecular weight is 354 g/mol. The van der Waals surface area contributed by atoms with Gasteiger partial charge in [0.1, 0.15) is 35.0 Å². The number of pyridine rings is 1. The molecule has 1 amide bonds. The van der Waals surface area contributed by atoms with Gasteiger partial charge in [0.05, 0.1) is 0 Å². The van der Waals surface area contributed by atoms with Crippen molar-refractivity contribution in [1.82, 2.24) is 19.9 Å². The van der Waals surface area contributed by atoms with Crippen LogP contribution in [0.5, 0.6) is 0 Å². The minimum atomic E-state index is -0.577. The van der Waals surface area contributed by atoms with Crippen molar-refractivity contribution in [3.05, 3.63) is 40.1 Å². The number of aryl methyl sites for hydroxylation is 1. The van der Waals surface area contributed by atoms with E-state index in [-0.39, 0.29) is 11.5 Å². The molecular formula is C18H22N6O2. The summed E-state index contributed by atoms with van der Waals surface area (Å²) in [5, 5.41) is 9.27. The van der Waals surface area contributed by atoms with Crippen molar-refractivity contribution < 1.29 is 4.79 Å². The number of nitrogens with one attached hydrogen (secondary N) is 3. The summed E-state index contributed by atoms with van der Waals surface area (Å²) in [5.41, 5.74) is 0.879. The van der Waals surface area contributed by atoms with Gasteiger partial charge in [0.15, 0.2) is 0 Å². The smallest absolute Gasteiger partial charge is 0.276 e. The van der Waals surface area contributed by atoms with E-state index in [9.17, 15) is 9.59 Å². The molecule has 2 aliphatic rings. The van der Waals surface area contributed by atoms with Crippen LogP contribution in [0.25, 0.3) is 0 Å². The highest BCUT2D eigenvalue weighted by Crippen LogP contribution is 2.38. The van der Waals surface area contributed by atoms with Gasteiger partial charge < -0.3 is 16.0 Å². The first kappa shape index (κ1) is 16.6. The second-order valence-electron chi connectivity index (χ2n) is 6.87. The first-order valence-corrected chi connectivity index (χ1v) is 8.97. The zero-order valence-electron chi connectivity index (χ0n) is 14.9. The lowest BCUT2D eigenvalue weighted by Crippen LogP contribution is -2.45. The van der Waals surface area contributed by atoms with E-state index in [0.29, 0.717) is 23.0 Å². The number of hydrogen-bond acceptors (Lipinski definition) is 6. The fraction of sp³-hybridized carbons (Fsp3) is 0.444. The number of aromatic nitrogens is 3. The molecule has 8 nitrogen and oxygen atoms in total. The van der Waals surface area contributed by atoms with E-state index in [1.54, 1.807) is 16.7 Å². The van der Waals surface area contributed by atoms with Crippen LogP contribution in [-0.4, -0.2) is 27.0 Å². The highest BCUT2D eigenvalue weighted by atomic mass is 16.2. The summed E-state index contributed by atoms with van der Waals surface area (Å²) < 4.78 is 1.66. The summed E-state index contributed by atoms with van der Waals surface area (Å²) in [5.74, 6) is 1.06. The fourth-order valence-electron chi connectivity index (χ4n) is 4.00. The number of carbonyl (C=O) groups is 1. The Balaban J connectivity index is 1.78. The van der Waals surface area contributed by atoms with Gasteiger partial charge in [-0.3, -0.25) is 14.2 Å². The zero-order chi connectivity index (χ0) is 18.3. The molecule has 8 heteroatoms. The molecule has 3 N–H and O–H groups in total. The van der Waals surface area contributed by atoms with E-state index in [4.69, 9.17) is 0 Å². The number of rotatable bonds is 4. The molecule has 1 spiro atoms. The van der Waals surface area contributed by atoms with Gasteiger partial charge in [-0.2, -0.15) is 0 Å². The van der Waals surface area contributed by atoms with E-state index in [1.165, 1.54) is 6.33 Å². The van der Waals surface area contributed by atoms with E-state index < -0.39 is 5.66 Å². The van der Waals surface area contributed by atoms with Crippen LogP contribution in [0.4, 0.5) is 17.3 Å². The van der Waals surface area contributed by atoms with Crippen LogP contribution in [0.2, 0.25) is 0 Å². The Kier molecular flexibility index (Phi) is 3.90. The first-order chi connectivity index (χ1) is 12.5. The normalized spacial score (nSPS) is 17.2. The summed E-state index contributed by atoms with van der Waals surface area (Å²) in [6.45, 7) is 4.58. The van der Waals surface area contributed by atoms with Crippen molar-refractivity contribution in [1.29, 1.82) is 0 Å². The van der Waals surface area contributed by atoms with Crippen LogP contribution in [0.15, 0.2) is 23.3 Å². The van der Waals surface area contributed by atoms with Crippen molar-refractivity contribution in [2.24, 2.45) is 0 Å². The van der Waals surface area contributed by atoms with Crippen molar-refractivity contribution in [2.45, 2.75) is 45.2 Å². The predicted molar refractivity (Wildman–Crippen MR) is 98.8 cm³/mol. The lowest BCUT2D eigenvalue weighted by molar-refractivity contribution is 0.0920. The van der Waals surface area contributed by atoms with Crippen LogP contribution >= 0.6 is 0 Å². The van der Waals surface area contributed by atoms with E-state index in [2.05, 4.69) is 25.9 Å². The van der Waals surface area contributed by atoms with Gasteiger partial charge in [0.2, 0.25) is 0 Å². The van der Waals surface area contributed by atoms with Crippen LogP contribution in [0.3, 0.4) is 0 Å². The van der Waals surface area contributed by atoms with Crippen LogP contribution in [-0.2, 0) is 5.66 Å². The summed E-state index contributed by atoms with van der Waals surface area (Å²) in [7, 11) is 0. The molecule has 136 valence electrons. The van der Waals surface area contributed by atoms with Gasteiger partial charge in [0.25, 0.3) is 11.5 Å². The van der Waals surface area contributed by atoms with Gasteiger partial charge in [0, 0.05) is 12.6 Å². The molecule has 3 heterocycles. The molecule has 0 aromatic carbocycles. The van der Waals surface area contributed by atoms with Crippen LogP contribution in [0, 0.1) is 6.92 Å². The van der Waals surface area contributed by atoms with Crippen molar-refractivity contribution in [3.63, 3.8) is 0 Å². The molecule has 1 aliphatic heterocycles. The second kappa shape index (κ2) is 6.12. The van der Waals surface area contributed by atoms with Gasteiger partial charge >= 0.3 is 0 Å². The molecule has 1 fully saturated rings. The van der Waals surface area contributed by atoms with Gasteiger partial charge in [-0.05, 0) is 51.2 Å². The fourth-order valence-corrected chi connectivity index (χ4v) is 4.00. The van der Waals surface area contributed by atoms with Gasteiger partial charge in [-0.25, -0.2) is 9.97 Å². The molecule has 26 heavy (non-hydrogen) atoms. The number of nitrogens with zero attached hydrogens (tertiary/aromatic N) is 3. The van der Waals surface area contributed by atoms with Crippen LogP contribution in [0.1, 0.15) is 48.7 Å². The Morgan fingerprint density at radius 3 is 2.65 bits per heavy atom. The molecule has 1 aliphatic carbocycles. The summed E-state index contributed by atoms with van der Waals surface area (Å²) in [6.07, 6.45) is 5.02. The molecule has 4 rings (SSSR count). The topological polar surface area (TPSA) is 101 Å². The monoisotopic (exact) mass is 354 g/mol. The lowest BCUT2D eigenvalue weighted by Gasteiger charge is -2.26. The third-order valence-corrected chi connectivity index (χ3v) is 5.10. The van der Waals surface area contributed by atoms with Gasteiger partial charge in [-0.15, -0.1) is 0 Å². The Morgan fingerprint density at radius 2 is 1.92 bits per heavy atom. The Hall–Kier alpha value is -2.90. The van der Waals surface area contributed by atoms with E-state index >= 15 is 0 Å². The number of amides is 1. The van der Waals surface area contributed by atoms with E-state index in [0.717, 1.165) is 37.8 Å². The Labute approximate surface area is 151 Å². The van der Waals surface area contributed by atoms with Crippen molar-refractivity contribution in [3.8, 4) is 0 Å². The number of fused-ring (bicyclic) bond motifs is 2. The zero-order valence-corrected chi connectivity index (χ0v) is 14.9. The first-order valence-electron chi connectivity index (χ1n) is 8.97. The number of hydrogen-bond donors (Lipinski definition) is 3. The molecule has 0 atom stereocenters. The molecular weight excluding hydrogens is 332 g/mol. The van der Waals surface area contributed by atoms with Gasteiger partial charge in [-0.1, -0.05) is 0 Å². The Bertz CT molecular complexity index is 930. The second-order valence-corrected chi connectivity index (χ2v) is 6.87. The quantitative estimate of drug-likeness (QED) is 0.777. The Morgan fingerprint density at radius 1 is 1.19 bits per heavy atom. The van der Waals surface area contributed by atoms with Crippen molar-refractivity contribution >= 4 is 23.2 Å². The molecule has 0 unspecified atom stereocenters. The molecule has 0 radical (unpaired) electrons. The maximum atomic E-state index is 13.2. The maximum Gasteiger partial charge on any atom is 0.276 e. The van der Waals surface area contributed by atoms with Crippen molar-refractivity contribution in [2.75, 3.05) is 17.2 Å². The highest BCUT2D eigenvalue weighted by molar-refractivity contribution is 5.97. The molecule has 1 saturated carbocycles. The molecule has 2 aromatic rings. The summed E-state index contributed by atoms with van der Waals surface area (Å²) >= 11 is 0. The van der Waals surface area contributed by atoms with Crippen LogP contribution < -0.4 is 21.5 Å². The third-order valence-electron chi connectivity index (χ3n) is 5.10. The highest BCUT2D eigenvalue weighted by Gasteiger charge is 2.46. The standard InChI is InChI=1S/C18H22N6O2/c1-3-19-13-9-14(21-10-20-13)22-12-8-11(2)15-16(25)23-18(6-4-5-7-18)24(15)17(12)26/h8-10H,3-7H2,1-2H3,(H,23,25)(H2,19,20,21,22). The minimum absolute atomic E-state index is 0.162. The minimum Gasteiger partial charge on any atom is -0.370 e. The van der Waals surface area contributed by atoms with E-state index in [1.807, 2.05) is 13.8 Å². The number of anilines is 3. The summed E-state index contributed by atoms with van der Waals surface area (Å²) in [4.78, 5) is 34.0. The SMILES string of the molecule is CCNc1cc(Nc2cc(C)c3n(c2=O)C2(CCCC2)NC3=O)ncn1. The summed E-state index contributed by atoms with van der Waals surface area (Å²) in [6, 6.07) is 3.47. The lowest BCUT2D eigenvalue weighted by atomic mass is 10.1. The molecule has 0 saturated heterocycles. The predicted octanol–water partition coefficient (Wildman–Crippen LogP) is 2.09. The number of carbonyl (C=O) groups excluding carboxylic acids is 1.